The van der Waals surface area contributed by atoms with Gasteiger partial charge in [0.15, 0.2) is 5.82 Å². The quantitative estimate of drug-likeness (QED) is 0.368. The Morgan fingerprint density at radius 3 is 2.45 bits per heavy atom. The van der Waals surface area contributed by atoms with Gasteiger partial charge in [0.25, 0.3) is 5.92 Å². The van der Waals surface area contributed by atoms with E-state index in [0.29, 0.717) is 49.0 Å². The molecule has 0 spiro atoms. The van der Waals surface area contributed by atoms with Crippen LogP contribution in [0, 0.1) is 11.8 Å². The summed E-state index contributed by atoms with van der Waals surface area (Å²) in [4.78, 5) is 23.9. The standard InChI is InChI=1S/C26H36ClF2N7O2/c1-16-14-34(15-17(2)26(16,28)29)23-31-13-19(27)22(33-23)32-18-6-7-20-21(12-18)35(10-8-25(3,4)38)24(37)36(20)11-9-30-5/h6-7,12-13,16-17,30,38H,8-11,14-15H2,1-5H3,(H,31,32,33)/t16-,17+. The number of imidazole rings is 1. The first-order chi connectivity index (χ1) is 17.8. The highest BCUT2D eigenvalue weighted by Crippen LogP contribution is 2.39. The van der Waals surface area contributed by atoms with Gasteiger partial charge in [-0.15, -0.1) is 0 Å². The Hall–Kier alpha value is -2.76. The van der Waals surface area contributed by atoms with Crippen LogP contribution in [0.3, 0.4) is 0 Å². The zero-order valence-electron chi connectivity index (χ0n) is 22.4. The number of alkyl halides is 2. The molecule has 3 N–H and O–H groups in total. The van der Waals surface area contributed by atoms with Gasteiger partial charge >= 0.3 is 5.69 Å². The maximum Gasteiger partial charge on any atom is 0.329 e. The Balaban J connectivity index is 1.66. The third kappa shape index (κ3) is 5.79. The van der Waals surface area contributed by atoms with Crippen molar-refractivity contribution in [2.45, 2.75) is 58.7 Å². The van der Waals surface area contributed by atoms with Crippen LogP contribution in [0.25, 0.3) is 11.0 Å². The van der Waals surface area contributed by atoms with Crippen molar-refractivity contribution in [3.63, 3.8) is 0 Å². The molecule has 1 saturated heterocycles. The SMILES string of the molecule is CNCCn1c(=O)n(CCC(C)(C)O)c2cc(Nc3nc(N4C[C@@H](C)C(F)(F)[C@@H](C)C4)ncc3Cl)ccc21. The average molecular weight is 552 g/mol. The fraction of sp³-hybridized carbons (Fsp3) is 0.577. The molecule has 2 aromatic heterocycles. The number of benzene rings is 1. The number of rotatable bonds is 9. The molecule has 0 amide bonds. The molecule has 1 aliphatic heterocycles. The van der Waals surface area contributed by atoms with Crippen molar-refractivity contribution in [2.24, 2.45) is 11.8 Å². The van der Waals surface area contributed by atoms with E-state index in [0.717, 1.165) is 5.52 Å². The van der Waals surface area contributed by atoms with Gasteiger partial charge in [-0.3, -0.25) is 9.13 Å². The van der Waals surface area contributed by atoms with Crippen molar-refractivity contribution in [3.8, 4) is 0 Å². The molecule has 1 fully saturated rings. The van der Waals surface area contributed by atoms with E-state index in [4.69, 9.17) is 11.6 Å². The van der Waals surface area contributed by atoms with E-state index in [1.807, 2.05) is 25.2 Å². The first-order valence-electron chi connectivity index (χ1n) is 12.8. The molecule has 208 valence electrons. The maximum atomic E-state index is 14.3. The number of piperidine rings is 1. The molecule has 1 aromatic carbocycles. The first kappa shape index (κ1) is 28.3. The number of nitrogens with one attached hydrogen (secondary N) is 2. The average Bonchev–Trinajstić information content (AvgIpc) is 3.10. The molecular weight excluding hydrogens is 516 g/mol. The molecule has 0 unspecified atom stereocenters. The molecule has 12 heteroatoms. The van der Waals surface area contributed by atoms with Gasteiger partial charge in [-0.25, -0.2) is 18.6 Å². The summed E-state index contributed by atoms with van der Waals surface area (Å²) < 4.78 is 32.1. The number of hydrogen-bond donors (Lipinski definition) is 3. The second kappa shape index (κ2) is 10.8. The molecule has 0 bridgehead atoms. The molecule has 1 aliphatic rings. The van der Waals surface area contributed by atoms with E-state index < -0.39 is 23.4 Å². The highest BCUT2D eigenvalue weighted by atomic mass is 35.5. The summed E-state index contributed by atoms with van der Waals surface area (Å²) in [5.41, 5.74) is 1.07. The molecule has 2 atom stereocenters. The zero-order chi connectivity index (χ0) is 27.8. The second-order valence-corrected chi connectivity index (χ2v) is 11.2. The first-order valence-corrected chi connectivity index (χ1v) is 13.2. The van der Waals surface area contributed by atoms with Crippen molar-refractivity contribution in [1.29, 1.82) is 0 Å². The van der Waals surface area contributed by atoms with Crippen LogP contribution in [0.1, 0.15) is 34.1 Å². The lowest BCUT2D eigenvalue weighted by molar-refractivity contribution is -0.105. The van der Waals surface area contributed by atoms with Gasteiger partial charge in [-0.05, 0) is 45.5 Å². The van der Waals surface area contributed by atoms with E-state index in [-0.39, 0.29) is 23.8 Å². The zero-order valence-corrected chi connectivity index (χ0v) is 23.2. The van der Waals surface area contributed by atoms with Crippen LogP contribution < -0.4 is 21.2 Å². The Labute approximate surface area is 225 Å². The van der Waals surface area contributed by atoms with Crippen molar-refractivity contribution in [3.05, 3.63) is 39.9 Å². The van der Waals surface area contributed by atoms with Crippen LogP contribution in [0.4, 0.5) is 26.2 Å². The summed E-state index contributed by atoms with van der Waals surface area (Å²) in [6.45, 7) is 8.25. The van der Waals surface area contributed by atoms with Gasteiger partial charge in [0.1, 0.15) is 5.02 Å². The minimum Gasteiger partial charge on any atom is -0.390 e. The van der Waals surface area contributed by atoms with Gasteiger partial charge in [-0.2, -0.15) is 4.98 Å². The van der Waals surface area contributed by atoms with Crippen LogP contribution in [0.5, 0.6) is 0 Å². The Bertz CT molecular complexity index is 1340. The fourth-order valence-electron chi connectivity index (χ4n) is 4.80. The van der Waals surface area contributed by atoms with Crippen LogP contribution in [-0.4, -0.2) is 62.4 Å². The van der Waals surface area contributed by atoms with Crippen molar-refractivity contribution < 1.29 is 13.9 Å². The highest BCUT2D eigenvalue weighted by Gasteiger charge is 2.47. The van der Waals surface area contributed by atoms with E-state index >= 15 is 0 Å². The minimum atomic E-state index is -2.75. The molecule has 0 radical (unpaired) electrons. The summed E-state index contributed by atoms with van der Waals surface area (Å²) in [7, 11) is 1.83. The van der Waals surface area contributed by atoms with Crippen molar-refractivity contribution in [2.75, 3.05) is 36.9 Å². The number of halogens is 3. The molecule has 0 saturated carbocycles. The van der Waals surface area contributed by atoms with Gasteiger partial charge in [-0.1, -0.05) is 25.4 Å². The Morgan fingerprint density at radius 1 is 1.16 bits per heavy atom. The second-order valence-electron chi connectivity index (χ2n) is 10.8. The van der Waals surface area contributed by atoms with E-state index in [1.54, 1.807) is 27.9 Å². The summed E-state index contributed by atoms with van der Waals surface area (Å²) >= 11 is 6.40. The fourth-order valence-corrected chi connectivity index (χ4v) is 4.94. The van der Waals surface area contributed by atoms with Gasteiger partial charge in [0, 0.05) is 50.2 Å². The third-order valence-corrected chi connectivity index (χ3v) is 7.41. The van der Waals surface area contributed by atoms with E-state index in [9.17, 15) is 18.7 Å². The lowest BCUT2D eigenvalue weighted by Crippen LogP contribution is -2.52. The Kier molecular flexibility index (Phi) is 8.02. The predicted molar refractivity (Wildman–Crippen MR) is 147 cm³/mol. The number of aromatic nitrogens is 4. The third-order valence-electron chi connectivity index (χ3n) is 7.13. The molecule has 9 nitrogen and oxygen atoms in total. The van der Waals surface area contributed by atoms with Crippen molar-refractivity contribution >= 4 is 40.1 Å². The normalized spacial score (nSPS) is 19.8. The maximum absolute atomic E-state index is 14.3. The van der Waals surface area contributed by atoms with Crippen molar-refractivity contribution in [1.82, 2.24) is 24.4 Å². The lowest BCUT2D eigenvalue weighted by Gasteiger charge is -2.41. The van der Waals surface area contributed by atoms with Gasteiger partial charge in [0.05, 0.1) is 22.8 Å². The van der Waals surface area contributed by atoms with Gasteiger partial charge in [0.2, 0.25) is 5.95 Å². The molecule has 3 aromatic rings. The highest BCUT2D eigenvalue weighted by molar-refractivity contribution is 6.32. The van der Waals surface area contributed by atoms with Crippen LogP contribution in [-0.2, 0) is 13.1 Å². The Morgan fingerprint density at radius 2 is 1.82 bits per heavy atom. The smallest absolute Gasteiger partial charge is 0.329 e. The molecule has 38 heavy (non-hydrogen) atoms. The topological polar surface area (TPSA) is 100 Å². The minimum absolute atomic E-state index is 0.137. The predicted octanol–water partition coefficient (Wildman–Crippen LogP) is 4.10. The van der Waals surface area contributed by atoms with Crippen LogP contribution >= 0.6 is 11.6 Å². The largest absolute Gasteiger partial charge is 0.390 e. The van der Waals surface area contributed by atoms with Crippen LogP contribution in [0.2, 0.25) is 5.02 Å². The van der Waals surface area contributed by atoms with Crippen LogP contribution in [0.15, 0.2) is 29.2 Å². The summed E-state index contributed by atoms with van der Waals surface area (Å²) in [5.74, 6) is -3.75. The number of aliphatic hydroxyl groups is 1. The molecule has 0 aliphatic carbocycles. The number of anilines is 3. The summed E-state index contributed by atoms with van der Waals surface area (Å²) in [6.07, 6.45) is 1.86. The number of fused-ring (bicyclic) bond motifs is 1. The summed E-state index contributed by atoms with van der Waals surface area (Å²) in [5, 5.41) is 16.8. The molecule has 4 rings (SSSR count). The molecule has 3 heterocycles. The number of nitrogens with zero attached hydrogens (tertiary/aromatic N) is 5. The summed E-state index contributed by atoms with van der Waals surface area (Å²) in [6, 6.07) is 5.55. The number of hydrogen-bond acceptors (Lipinski definition) is 7. The lowest BCUT2D eigenvalue weighted by atomic mass is 9.87. The van der Waals surface area contributed by atoms with E-state index in [2.05, 4.69) is 20.6 Å². The van der Waals surface area contributed by atoms with E-state index in [1.165, 1.54) is 20.0 Å². The monoisotopic (exact) mass is 551 g/mol. The number of likely N-dealkylation sites (N-methyl/N-ethyl adjacent to an activating group) is 1. The number of aryl methyl sites for hydroxylation is 1. The molecular formula is C26H36ClF2N7O2. The van der Waals surface area contributed by atoms with Gasteiger partial charge < -0.3 is 20.6 Å².